The first-order valence-electron chi connectivity index (χ1n) is 6.19. The van der Waals surface area contributed by atoms with Gasteiger partial charge in [-0.1, -0.05) is 0 Å². The summed E-state index contributed by atoms with van der Waals surface area (Å²) < 4.78 is 1.35. The van der Waals surface area contributed by atoms with E-state index < -0.39 is 0 Å². The predicted octanol–water partition coefficient (Wildman–Crippen LogP) is -1.37. The number of likely N-dealkylation sites (N-methyl/N-ethyl adjacent to an activating group) is 1. The average Bonchev–Trinajstić information content (AvgIpc) is 3.05. The van der Waals surface area contributed by atoms with E-state index in [1.54, 1.807) is 11.9 Å². The number of hydrazine groups is 1. The molecular formula is C10H16N10O. The molecule has 0 saturated heterocycles. The van der Waals surface area contributed by atoms with Crippen molar-refractivity contribution in [3.8, 4) is 5.95 Å². The first kappa shape index (κ1) is 14.6. The Kier molecular flexibility index (Phi) is 4.56. The molecule has 11 nitrogen and oxygen atoms in total. The summed E-state index contributed by atoms with van der Waals surface area (Å²) in [6.07, 6.45) is 2.79. The van der Waals surface area contributed by atoms with Crippen LogP contribution in [0.1, 0.15) is 6.92 Å². The van der Waals surface area contributed by atoms with Crippen molar-refractivity contribution in [3.05, 3.63) is 12.7 Å². The Bertz CT molecular complexity index is 598. The molecule has 2 rings (SSSR count). The molecule has 0 aliphatic heterocycles. The lowest BCUT2D eigenvalue weighted by molar-refractivity contribution is -0.127. The molecule has 0 unspecified atom stereocenters. The lowest BCUT2D eigenvalue weighted by Crippen LogP contribution is -2.32. The Balaban J connectivity index is 2.16. The van der Waals surface area contributed by atoms with E-state index in [2.05, 4.69) is 35.8 Å². The van der Waals surface area contributed by atoms with Crippen LogP contribution in [0.15, 0.2) is 12.7 Å². The topological polar surface area (TPSA) is 140 Å². The molecule has 0 bridgehead atoms. The number of nitrogens with one attached hydrogen (secondary N) is 2. The van der Waals surface area contributed by atoms with E-state index in [4.69, 9.17) is 5.84 Å². The Hall–Kier alpha value is -2.82. The molecule has 0 fully saturated rings. The first-order valence-corrected chi connectivity index (χ1v) is 6.19. The van der Waals surface area contributed by atoms with Gasteiger partial charge in [-0.25, -0.2) is 10.8 Å². The number of hydrogen-bond acceptors (Lipinski definition) is 9. The summed E-state index contributed by atoms with van der Waals surface area (Å²) in [4.78, 5) is 29.3. The molecule has 4 N–H and O–H groups in total. The summed E-state index contributed by atoms with van der Waals surface area (Å²) in [6.45, 7) is 2.58. The molecule has 0 aliphatic carbocycles. The van der Waals surface area contributed by atoms with E-state index >= 15 is 0 Å². The van der Waals surface area contributed by atoms with Gasteiger partial charge in [-0.3, -0.25) is 10.2 Å². The highest BCUT2D eigenvalue weighted by molar-refractivity contribution is 5.80. The van der Waals surface area contributed by atoms with Crippen LogP contribution in [-0.4, -0.2) is 60.7 Å². The molecule has 0 spiro atoms. The van der Waals surface area contributed by atoms with Crippen molar-refractivity contribution in [2.45, 2.75) is 6.92 Å². The van der Waals surface area contributed by atoms with Crippen molar-refractivity contribution in [1.29, 1.82) is 0 Å². The first-order chi connectivity index (χ1) is 10.1. The van der Waals surface area contributed by atoms with Crippen LogP contribution < -0.4 is 16.6 Å². The third-order valence-electron chi connectivity index (χ3n) is 2.67. The van der Waals surface area contributed by atoms with Crippen molar-refractivity contribution in [2.24, 2.45) is 5.84 Å². The van der Waals surface area contributed by atoms with Gasteiger partial charge in [-0.15, -0.1) is 0 Å². The van der Waals surface area contributed by atoms with Gasteiger partial charge in [0.25, 0.3) is 5.95 Å². The lowest BCUT2D eigenvalue weighted by Gasteiger charge is -2.14. The van der Waals surface area contributed by atoms with Crippen molar-refractivity contribution in [2.75, 3.05) is 30.9 Å². The van der Waals surface area contributed by atoms with Crippen LogP contribution in [-0.2, 0) is 4.79 Å². The van der Waals surface area contributed by atoms with Crippen LogP contribution in [0.25, 0.3) is 5.95 Å². The number of aromatic nitrogens is 6. The van der Waals surface area contributed by atoms with E-state index in [0.29, 0.717) is 6.54 Å². The summed E-state index contributed by atoms with van der Waals surface area (Å²) in [7, 11) is 1.71. The molecule has 11 heteroatoms. The highest BCUT2D eigenvalue weighted by Crippen LogP contribution is 2.07. The lowest BCUT2D eigenvalue weighted by atomic mass is 10.5. The highest BCUT2D eigenvalue weighted by atomic mass is 16.2. The van der Waals surface area contributed by atoms with Gasteiger partial charge in [-0.2, -0.15) is 24.7 Å². The fraction of sp³-hybridized carbons (Fsp3) is 0.400. The maximum Gasteiger partial charge on any atom is 0.258 e. The number of carbonyl (C=O) groups excluding carboxylic acids is 1. The van der Waals surface area contributed by atoms with Gasteiger partial charge < -0.3 is 10.2 Å². The van der Waals surface area contributed by atoms with E-state index in [0.717, 1.165) is 0 Å². The zero-order chi connectivity index (χ0) is 15.2. The van der Waals surface area contributed by atoms with Crippen molar-refractivity contribution < 1.29 is 4.79 Å². The minimum atomic E-state index is -0.0810. The minimum Gasteiger partial charge on any atom is -0.345 e. The Morgan fingerprint density at radius 2 is 2.14 bits per heavy atom. The third-order valence-corrected chi connectivity index (χ3v) is 2.67. The number of nitrogens with zero attached hydrogens (tertiary/aromatic N) is 7. The summed E-state index contributed by atoms with van der Waals surface area (Å²) >= 11 is 0. The molecule has 2 aromatic rings. The second-order valence-corrected chi connectivity index (χ2v) is 4.03. The van der Waals surface area contributed by atoms with Gasteiger partial charge in [0, 0.05) is 13.6 Å². The van der Waals surface area contributed by atoms with Gasteiger partial charge in [-0.05, 0) is 6.92 Å². The second kappa shape index (κ2) is 6.56. The number of anilines is 2. The normalized spacial score (nSPS) is 10.2. The quantitative estimate of drug-likeness (QED) is 0.434. The molecule has 0 aliphatic rings. The van der Waals surface area contributed by atoms with Crippen LogP contribution in [0, 0.1) is 0 Å². The van der Waals surface area contributed by atoms with Crippen LogP contribution in [0.2, 0.25) is 0 Å². The van der Waals surface area contributed by atoms with Gasteiger partial charge >= 0.3 is 0 Å². The van der Waals surface area contributed by atoms with Crippen molar-refractivity contribution in [1.82, 2.24) is 34.6 Å². The zero-order valence-electron chi connectivity index (χ0n) is 11.7. The fourth-order valence-corrected chi connectivity index (χ4v) is 1.39. The standard InChI is InChI=1S/C10H16N10O/c1-3-19(2)7(21)4-13-8-15-9(18-11)17-10(16-8)20-6-12-5-14-20/h5-6H,3-4,11H2,1-2H3,(H2,13,15,16,17,18). The Labute approximate surface area is 120 Å². The summed E-state index contributed by atoms with van der Waals surface area (Å²) in [5, 5.41) is 6.75. The average molecular weight is 292 g/mol. The molecule has 0 saturated carbocycles. The molecular weight excluding hydrogens is 276 g/mol. The van der Waals surface area contributed by atoms with E-state index in [-0.39, 0.29) is 30.3 Å². The molecule has 0 aromatic carbocycles. The maximum atomic E-state index is 11.7. The Morgan fingerprint density at radius 1 is 1.38 bits per heavy atom. The van der Waals surface area contributed by atoms with Crippen molar-refractivity contribution in [3.63, 3.8) is 0 Å². The van der Waals surface area contributed by atoms with E-state index in [9.17, 15) is 4.79 Å². The largest absolute Gasteiger partial charge is 0.345 e. The van der Waals surface area contributed by atoms with Gasteiger partial charge in [0.05, 0.1) is 6.54 Å². The summed E-state index contributed by atoms with van der Waals surface area (Å²) in [5.74, 6) is 5.82. The van der Waals surface area contributed by atoms with Gasteiger partial charge in [0.2, 0.25) is 17.8 Å². The minimum absolute atomic E-state index is 0.0646. The molecule has 21 heavy (non-hydrogen) atoms. The second-order valence-electron chi connectivity index (χ2n) is 4.03. The number of nitrogen functional groups attached to an aromatic ring is 1. The smallest absolute Gasteiger partial charge is 0.258 e. The van der Waals surface area contributed by atoms with Gasteiger partial charge in [0.15, 0.2) is 0 Å². The number of amides is 1. The maximum absolute atomic E-state index is 11.7. The predicted molar refractivity (Wildman–Crippen MR) is 74.4 cm³/mol. The Morgan fingerprint density at radius 3 is 2.76 bits per heavy atom. The van der Waals surface area contributed by atoms with E-state index in [1.807, 2.05) is 6.92 Å². The molecule has 2 aromatic heterocycles. The summed E-state index contributed by atoms with van der Waals surface area (Å²) in [5.41, 5.74) is 2.33. The van der Waals surface area contributed by atoms with Crippen LogP contribution in [0.3, 0.4) is 0 Å². The van der Waals surface area contributed by atoms with Gasteiger partial charge in [0.1, 0.15) is 12.7 Å². The zero-order valence-corrected chi connectivity index (χ0v) is 11.7. The van der Waals surface area contributed by atoms with Crippen LogP contribution in [0.5, 0.6) is 0 Å². The summed E-state index contributed by atoms with van der Waals surface area (Å²) in [6, 6.07) is 0. The molecule has 112 valence electrons. The van der Waals surface area contributed by atoms with Crippen LogP contribution in [0.4, 0.5) is 11.9 Å². The molecule has 1 amide bonds. The highest BCUT2D eigenvalue weighted by Gasteiger charge is 2.11. The number of nitrogens with two attached hydrogens (primary N) is 1. The molecule has 2 heterocycles. The number of carbonyl (C=O) groups is 1. The molecule has 0 atom stereocenters. The number of hydrogen-bond donors (Lipinski definition) is 3. The molecule has 0 radical (unpaired) electrons. The third kappa shape index (κ3) is 3.60. The monoisotopic (exact) mass is 292 g/mol. The van der Waals surface area contributed by atoms with Crippen LogP contribution >= 0.6 is 0 Å². The fourth-order valence-electron chi connectivity index (χ4n) is 1.39. The SMILES string of the molecule is CCN(C)C(=O)CNc1nc(NN)nc(-n2cncn2)n1. The number of rotatable bonds is 6. The van der Waals surface area contributed by atoms with Crippen molar-refractivity contribution >= 4 is 17.8 Å². The van der Waals surface area contributed by atoms with E-state index in [1.165, 1.54) is 17.3 Å².